The van der Waals surface area contributed by atoms with Crippen LogP contribution < -0.4 is 0 Å². The summed E-state index contributed by atoms with van der Waals surface area (Å²) in [5, 5.41) is 3.60. The zero-order chi connectivity index (χ0) is 14.8. The van der Waals surface area contributed by atoms with Crippen LogP contribution in [0.25, 0.3) is 19.7 Å². The van der Waals surface area contributed by atoms with E-state index in [2.05, 4.69) is 16.2 Å². The number of ketones is 2. The summed E-state index contributed by atoms with van der Waals surface area (Å²) in [5.74, 6) is -0.149. The third-order valence-electron chi connectivity index (χ3n) is 3.70. The topological polar surface area (TPSA) is 34.1 Å². The van der Waals surface area contributed by atoms with Crippen molar-refractivity contribution in [1.82, 2.24) is 0 Å². The van der Waals surface area contributed by atoms with Crippen LogP contribution in [0.2, 0.25) is 0 Å². The van der Waals surface area contributed by atoms with Gasteiger partial charge in [0.15, 0.2) is 0 Å². The normalized spacial score (nSPS) is 14.5. The van der Waals surface area contributed by atoms with Crippen molar-refractivity contribution < 1.29 is 9.59 Å². The fourth-order valence-electron chi connectivity index (χ4n) is 2.67. The zero-order valence-corrected chi connectivity index (χ0v) is 18.7. The average Bonchev–Trinajstić information content (AvgIpc) is 3.24. The minimum atomic E-state index is -0.393. The van der Waals surface area contributed by atoms with E-state index in [1.807, 2.05) is 6.08 Å². The number of carbonyl (C=O) groups is 2. The summed E-state index contributed by atoms with van der Waals surface area (Å²) in [7, 11) is 0. The molecule has 0 spiro atoms. The van der Waals surface area contributed by atoms with Crippen LogP contribution in [0.15, 0.2) is 32.5 Å². The van der Waals surface area contributed by atoms with Crippen molar-refractivity contribution in [3.63, 3.8) is 0 Å². The maximum atomic E-state index is 12.4. The number of allylic oxidation sites excluding steroid dienone is 1. The number of rotatable bonds is 1. The van der Waals surface area contributed by atoms with Gasteiger partial charge in [-0.15, -0.1) is 0 Å². The summed E-state index contributed by atoms with van der Waals surface area (Å²) in [6.07, 6.45) is 1.91. The first-order valence-electron chi connectivity index (χ1n) is 6.49. The summed E-state index contributed by atoms with van der Waals surface area (Å²) in [5.41, 5.74) is 1.60. The predicted molar refractivity (Wildman–Crippen MR) is 93.2 cm³/mol. The van der Waals surface area contributed by atoms with E-state index in [4.69, 9.17) is 0 Å². The van der Waals surface area contributed by atoms with Gasteiger partial charge in [-0.05, 0) is 0 Å². The molecule has 2 nitrogen and oxygen atoms in total. The summed E-state index contributed by atoms with van der Waals surface area (Å²) < 4.78 is 10.3. The van der Waals surface area contributed by atoms with E-state index in [0.717, 1.165) is 0 Å². The van der Waals surface area contributed by atoms with Crippen molar-refractivity contribution in [1.29, 1.82) is 0 Å². The molecule has 1 aliphatic rings. The third kappa shape index (κ3) is 2.03. The molecule has 4 aromatic heterocycles. The van der Waals surface area contributed by atoms with E-state index >= 15 is 0 Å². The van der Waals surface area contributed by atoms with Crippen molar-refractivity contribution in [3.05, 3.63) is 47.3 Å². The number of hydrogen-bond acceptors (Lipinski definition) is 3. The van der Waals surface area contributed by atoms with Crippen molar-refractivity contribution >= 4 is 104 Å². The van der Waals surface area contributed by atoms with Gasteiger partial charge in [-0.25, -0.2) is 0 Å². The second kappa shape index (κ2) is 5.31. The van der Waals surface area contributed by atoms with Gasteiger partial charge in [-0.2, -0.15) is 0 Å². The van der Waals surface area contributed by atoms with Crippen molar-refractivity contribution in [3.8, 4) is 0 Å². The Kier molecular flexibility index (Phi) is 3.49. The Hall–Kier alpha value is 0.109. The molecule has 0 aromatic carbocycles. The summed E-state index contributed by atoms with van der Waals surface area (Å²) >= 11 is 0.778. The average molecular weight is 645 g/mol. The maximum absolute atomic E-state index is 12.4. The minimum absolute atomic E-state index is 0.0747. The first kappa shape index (κ1) is 14.5. The molecule has 4 heterocycles. The van der Waals surface area contributed by atoms with E-state index in [1.54, 1.807) is 24.4 Å². The Morgan fingerprint density at radius 2 is 1.73 bits per heavy atom. The second-order valence-corrected chi connectivity index (χ2v) is 14.5. The summed E-state index contributed by atoms with van der Waals surface area (Å²) in [6.45, 7) is 0. The monoisotopic (exact) mass is 652 g/mol. The molecule has 5 rings (SSSR count). The molecule has 0 bridgehead atoms. The van der Waals surface area contributed by atoms with Gasteiger partial charge in [0.05, 0.1) is 0 Å². The molecule has 0 atom stereocenters. The van der Waals surface area contributed by atoms with Gasteiger partial charge < -0.3 is 0 Å². The molecule has 0 N–H and O–H groups in total. The van der Waals surface area contributed by atoms with Crippen molar-refractivity contribution in [2.45, 2.75) is 0 Å². The van der Waals surface area contributed by atoms with Gasteiger partial charge in [-0.3, -0.25) is 0 Å². The molecule has 6 heteroatoms. The summed E-state index contributed by atoms with van der Waals surface area (Å²) in [6, 6.07) is 4.66. The van der Waals surface area contributed by atoms with Crippen LogP contribution in [0.5, 0.6) is 0 Å². The van der Waals surface area contributed by atoms with Gasteiger partial charge in [-0.1, -0.05) is 0 Å². The molecule has 0 fully saturated rings. The number of thiophene rings is 1. The molecular weight excluding hydrogens is 639 g/mol. The summed E-state index contributed by atoms with van der Waals surface area (Å²) in [4.78, 5) is 24.7. The molecule has 1 aliphatic carbocycles. The Morgan fingerprint density at radius 3 is 2.50 bits per heavy atom. The number of carbonyl (C=O) groups excluding carboxylic acids is 2. The third-order valence-corrected chi connectivity index (χ3v) is 17.1. The van der Waals surface area contributed by atoms with E-state index in [9.17, 15) is 9.59 Å². The van der Waals surface area contributed by atoms with Crippen LogP contribution >= 0.6 is 11.3 Å². The molecule has 0 saturated heterocycles. The SMILES string of the molecule is O=C1C(=Cc2cc3[te]c4cc[te]c4c3[te]2)C(=O)c2cscc21. The van der Waals surface area contributed by atoms with Crippen LogP contribution in [0.4, 0.5) is 0 Å². The van der Waals surface area contributed by atoms with Crippen LogP contribution in [0.1, 0.15) is 24.3 Å². The van der Waals surface area contributed by atoms with E-state index in [1.165, 1.54) is 14.9 Å². The molecule has 0 saturated carbocycles. The Labute approximate surface area is 158 Å². The van der Waals surface area contributed by atoms with Crippen molar-refractivity contribution in [2.24, 2.45) is 0 Å². The molecule has 0 amide bonds. The van der Waals surface area contributed by atoms with Gasteiger partial charge in [0.1, 0.15) is 0 Å². The Bertz CT molecular complexity index is 1090. The van der Waals surface area contributed by atoms with Gasteiger partial charge in [0.25, 0.3) is 0 Å². The van der Waals surface area contributed by atoms with E-state index < -0.39 is 20.4 Å². The van der Waals surface area contributed by atoms with Gasteiger partial charge in [0, 0.05) is 0 Å². The fraction of sp³-hybridized carbons (Fsp3) is 0. The quantitative estimate of drug-likeness (QED) is 0.182. The van der Waals surface area contributed by atoms with Crippen LogP contribution in [-0.4, -0.2) is 72.9 Å². The van der Waals surface area contributed by atoms with Crippen LogP contribution in [0, 0.1) is 0 Å². The van der Waals surface area contributed by atoms with Crippen molar-refractivity contribution in [2.75, 3.05) is 0 Å². The first-order valence-corrected chi connectivity index (χ1v) is 14.6. The zero-order valence-electron chi connectivity index (χ0n) is 10.9. The Balaban J connectivity index is 1.66. The molecule has 0 radical (unpaired) electrons. The second-order valence-electron chi connectivity index (χ2n) is 4.97. The van der Waals surface area contributed by atoms with E-state index in [-0.39, 0.29) is 52.4 Å². The molecule has 106 valence electrons. The number of Topliss-reactive ketones (excluding diaryl/α,β-unsaturated/α-hetero) is 2. The number of fused-ring (bicyclic) bond motifs is 4. The first-order chi connectivity index (χ1) is 10.7. The van der Waals surface area contributed by atoms with Gasteiger partial charge >= 0.3 is 161 Å². The number of hydrogen-bond donors (Lipinski definition) is 0. The molecule has 22 heavy (non-hydrogen) atoms. The molecule has 0 unspecified atom stereocenters. The predicted octanol–water partition coefficient (Wildman–Crippen LogP) is 2.69. The fourth-order valence-corrected chi connectivity index (χ4v) is 18.9. The molecule has 4 aromatic rings. The van der Waals surface area contributed by atoms with Gasteiger partial charge in [0.2, 0.25) is 0 Å². The molecular formula is C16H6O2STe3. The molecule has 0 aliphatic heterocycles. The standard InChI is InChI=1S/C16H6O2STe3/c17-13-8(14(18)10-6-19-5-9(10)13)3-7-4-12-16(21-7)15-11(22-12)1-2-20-15/h1-6H. The Morgan fingerprint density at radius 1 is 0.955 bits per heavy atom. The van der Waals surface area contributed by atoms with E-state index in [0.29, 0.717) is 16.7 Å². The van der Waals surface area contributed by atoms with Crippen LogP contribution in [-0.2, 0) is 0 Å². The van der Waals surface area contributed by atoms with Crippen LogP contribution in [0.3, 0.4) is 0 Å².